The number of hydrogen-bond acceptors (Lipinski definition) is 3. The SMILES string of the molecule is O=C1N[C@@H](c2cncc(-c3ccccc3)c2)[C@H](c2ccccc2)O1. The number of cyclic esters (lactones) is 1. The van der Waals surface area contributed by atoms with E-state index in [0.29, 0.717) is 0 Å². The molecular formula is C20H16N2O2. The largest absolute Gasteiger partial charge is 0.439 e. The maximum absolute atomic E-state index is 11.8. The van der Waals surface area contributed by atoms with E-state index in [1.807, 2.05) is 66.9 Å². The third-order valence-electron chi connectivity index (χ3n) is 4.16. The fraction of sp³-hybridized carbons (Fsp3) is 0.100. The zero-order chi connectivity index (χ0) is 16.4. The second kappa shape index (κ2) is 6.16. The van der Waals surface area contributed by atoms with Crippen LogP contribution in [0.4, 0.5) is 4.79 Å². The first kappa shape index (κ1) is 14.5. The zero-order valence-electron chi connectivity index (χ0n) is 12.9. The highest BCUT2D eigenvalue weighted by Crippen LogP contribution is 2.37. The number of benzene rings is 2. The molecule has 4 rings (SSSR count). The standard InChI is InChI=1S/C20H16N2O2/c23-20-22-18(19(24-20)15-9-5-2-6-10-15)17-11-16(12-21-13-17)14-7-3-1-4-8-14/h1-13,18-19H,(H,22,23)/t18-,19-/m0/s1. The summed E-state index contributed by atoms with van der Waals surface area (Å²) >= 11 is 0. The van der Waals surface area contributed by atoms with E-state index >= 15 is 0 Å². The Morgan fingerprint density at radius 2 is 1.54 bits per heavy atom. The summed E-state index contributed by atoms with van der Waals surface area (Å²) in [7, 11) is 0. The normalized spacial score (nSPS) is 19.6. The first-order valence-electron chi connectivity index (χ1n) is 7.84. The number of pyridine rings is 1. The molecule has 2 atom stereocenters. The number of hydrogen-bond donors (Lipinski definition) is 1. The molecule has 118 valence electrons. The quantitative estimate of drug-likeness (QED) is 0.785. The summed E-state index contributed by atoms with van der Waals surface area (Å²) in [5.74, 6) is 0. The minimum absolute atomic E-state index is 0.254. The van der Waals surface area contributed by atoms with E-state index in [9.17, 15) is 4.79 Å². The van der Waals surface area contributed by atoms with Crippen molar-refractivity contribution in [1.29, 1.82) is 0 Å². The number of ether oxygens (including phenoxy) is 1. The average Bonchev–Trinajstić information content (AvgIpc) is 3.05. The van der Waals surface area contributed by atoms with Gasteiger partial charge in [-0.3, -0.25) is 4.98 Å². The van der Waals surface area contributed by atoms with E-state index in [1.165, 1.54) is 0 Å². The van der Waals surface area contributed by atoms with E-state index in [2.05, 4.69) is 16.4 Å². The molecule has 1 aromatic heterocycles. The molecule has 1 aliphatic rings. The van der Waals surface area contributed by atoms with Crippen LogP contribution in [-0.2, 0) is 4.74 Å². The molecule has 4 nitrogen and oxygen atoms in total. The smallest absolute Gasteiger partial charge is 0.408 e. The fourth-order valence-corrected chi connectivity index (χ4v) is 3.00. The van der Waals surface area contributed by atoms with E-state index in [0.717, 1.165) is 22.3 Å². The molecule has 1 N–H and O–H groups in total. The van der Waals surface area contributed by atoms with Gasteiger partial charge >= 0.3 is 6.09 Å². The van der Waals surface area contributed by atoms with Gasteiger partial charge in [-0.25, -0.2) is 4.79 Å². The molecule has 3 aromatic rings. The Morgan fingerprint density at radius 3 is 2.29 bits per heavy atom. The number of carbonyl (C=O) groups is 1. The minimum atomic E-state index is -0.404. The van der Waals surface area contributed by atoms with E-state index in [-0.39, 0.29) is 12.1 Å². The van der Waals surface area contributed by atoms with Crippen LogP contribution in [0.5, 0.6) is 0 Å². The molecule has 4 heteroatoms. The molecular weight excluding hydrogens is 300 g/mol. The van der Waals surface area contributed by atoms with Crippen molar-refractivity contribution in [2.75, 3.05) is 0 Å². The Kier molecular flexibility index (Phi) is 3.71. The summed E-state index contributed by atoms with van der Waals surface area (Å²) in [6.07, 6.45) is 2.85. The van der Waals surface area contributed by atoms with Gasteiger partial charge in [0.25, 0.3) is 0 Å². The van der Waals surface area contributed by atoms with Crippen LogP contribution in [0.1, 0.15) is 23.3 Å². The number of alkyl carbamates (subject to hydrolysis) is 1. The summed E-state index contributed by atoms with van der Waals surface area (Å²) in [5, 5.41) is 2.90. The van der Waals surface area contributed by atoms with Gasteiger partial charge in [-0.15, -0.1) is 0 Å². The lowest BCUT2D eigenvalue weighted by molar-refractivity contribution is 0.132. The van der Waals surface area contributed by atoms with Crippen molar-refractivity contribution in [1.82, 2.24) is 10.3 Å². The van der Waals surface area contributed by atoms with E-state index in [4.69, 9.17) is 4.74 Å². The maximum atomic E-state index is 11.8. The van der Waals surface area contributed by atoms with Gasteiger partial charge in [-0.1, -0.05) is 60.7 Å². The highest BCUT2D eigenvalue weighted by atomic mass is 16.6. The van der Waals surface area contributed by atoms with Crippen molar-refractivity contribution in [2.24, 2.45) is 0 Å². The van der Waals surface area contributed by atoms with Crippen molar-refractivity contribution in [3.05, 3.63) is 90.3 Å². The molecule has 0 aliphatic carbocycles. The van der Waals surface area contributed by atoms with Crippen molar-refractivity contribution in [3.63, 3.8) is 0 Å². The number of carbonyl (C=O) groups excluding carboxylic acids is 1. The molecule has 0 spiro atoms. The van der Waals surface area contributed by atoms with Crippen molar-refractivity contribution < 1.29 is 9.53 Å². The van der Waals surface area contributed by atoms with Gasteiger partial charge in [0.05, 0.1) is 0 Å². The third kappa shape index (κ3) is 2.74. The summed E-state index contributed by atoms with van der Waals surface area (Å²) in [5.41, 5.74) is 4.00. The fourth-order valence-electron chi connectivity index (χ4n) is 3.00. The topological polar surface area (TPSA) is 51.2 Å². The number of aromatic nitrogens is 1. The highest BCUT2D eigenvalue weighted by molar-refractivity contribution is 5.71. The van der Waals surface area contributed by atoms with Crippen molar-refractivity contribution in [3.8, 4) is 11.1 Å². The lowest BCUT2D eigenvalue weighted by Crippen LogP contribution is -2.19. The van der Waals surface area contributed by atoms with Crippen LogP contribution in [0, 0.1) is 0 Å². The number of rotatable bonds is 3. The first-order valence-corrected chi connectivity index (χ1v) is 7.84. The van der Waals surface area contributed by atoms with Gasteiger partial charge in [-0.05, 0) is 22.8 Å². The highest BCUT2D eigenvalue weighted by Gasteiger charge is 2.36. The predicted molar refractivity (Wildman–Crippen MR) is 91.2 cm³/mol. The molecule has 0 saturated carbocycles. The molecule has 2 aromatic carbocycles. The molecule has 0 bridgehead atoms. The Morgan fingerprint density at radius 1 is 0.833 bits per heavy atom. The molecule has 0 unspecified atom stereocenters. The molecule has 1 amide bonds. The van der Waals surface area contributed by atoms with Crippen LogP contribution in [0.3, 0.4) is 0 Å². The van der Waals surface area contributed by atoms with Gasteiger partial charge in [-0.2, -0.15) is 0 Å². The third-order valence-corrected chi connectivity index (χ3v) is 4.16. The number of nitrogens with zero attached hydrogens (tertiary/aromatic N) is 1. The van der Waals surface area contributed by atoms with Crippen molar-refractivity contribution >= 4 is 6.09 Å². The maximum Gasteiger partial charge on any atom is 0.408 e. The zero-order valence-corrected chi connectivity index (χ0v) is 12.9. The predicted octanol–water partition coefficient (Wildman–Crippen LogP) is 4.27. The lowest BCUT2D eigenvalue weighted by Gasteiger charge is -2.18. The monoisotopic (exact) mass is 316 g/mol. The molecule has 2 heterocycles. The van der Waals surface area contributed by atoms with Gasteiger partial charge < -0.3 is 10.1 Å². The van der Waals surface area contributed by atoms with Crippen LogP contribution < -0.4 is 5.32 Å². The molecule has 1 fully saturated rings. The van der Waals surface area contributed by atoms with E-state index in [1.54, 1.807) is 6.20 Å². The summed E-state index contributed by atoms with van der Waals surface area (Å²) < 4.78 is 5.48. The Balaban J connectivity index is 1.71. The molecule has 24 heavy (non-hydrogen) atoms. The molecule has 1 saturated heterocycles. The average molecular weight is 316 g/mol. The second-order valence-electron chi connectivity index (χ2n) is 5.73. The van der Waals surface area contributed by atoms with Crippen LogP contribution in [0.15, 0.2) is 79.1 Å². The van der Waals surface area contributed by atoms with Crippen LogP contribution in [0.25, 0.3) is 11.1 Å². The summed E-state index contributed by atoms with van der Waals surface area (Å²) in [6, 6.07) is 21.6. The Bertz CT molecular complexity index is 850. The Hall–Kier alpha value is -3.14. The lowest BCUT2D eigenvalue weighted by atomic mass is 9.96. The van der Waals surface area contributed by atoms with Crippen molar-refractivity contribution in [2.45, 2.75) is 12.1 Å². The first-order chi connectivity index (χ1) is 11.8. The van der Waals surface area contributed by atoms with E-state index < -0.39 is 6.09 Å². The Labute approximate surface area is 140 Å². The number of nitrogens with one attached hydrogen (secondary N) is 1. The second-order valence-corrected chi connectivity index (χ2v) is 5.73. The summed E-state index contributed by atoms with van der Waals surface area (Å²) in [6.45, 7) is 0. The molecule has 0 radical (unpaired) electrons. The van der Waals surface area contributed by atoms with Crippen LogP contribution in [-0.4, -0.2) is 11.1 Å². The van der Waals surface area contributed by atoms with Crippen LogP contribution in [0.2, 0.25) is 0 Å². The van der Waals surface area contributed by atoms with Gasteiger partial charge in [0.1, 0.15) is 6.04 Å². The summed E-state index contributed by atoms with van der Waals surface area (Å²) in [4.78, 5) is 16.2. The minimum Gasteiger partial charge on any atom is -0.439 e. The van der Waals surface area contributed by atoms with Crippen LogP contribution >= 0.6 is 0 Å². The van der Waals surface area contributed by atoms with Gasteiger partial charge in [0.2, 0.25) is 0 Å². The molecule has 1 aliphatic heterocycles. The van der Waals surface area contributed by atoms with Gasteiger partial charge in [0, 0.05) is 18.0 Å². The number of amides is 1. The van der Waals surface area contributed by atoms with Gasteiger partial charge in [0.15, 0.2) is 6.10 Å².